The summed E-state index contributed by atoms with van der Waals surface area (Å²) < 4.78 is 37.8. The van der Waals surface area contributed by atoms with E-state index >= 15 is 0 Å². The van der Waals surface area contributed by atoms with Crippen molar-refractivity contribution in [3.8, 4) is 17.1 Å². The summed E-state index contributed by atoms with van der Waals surface area (Å²) >= 11 is 0. The molecule has 1 aliphatic rings. The molecule has 1 aliphatic heterocycles. The number of hydrogen-bond donors (Lipinski definition) is 0. The van der Waals surface area contributed by atoms with Crippen molar-refractivity contribution in [1.82, 2.24) is 23.7 Å². The predicted molar refractivity (Wildman–Crippen MR) is 110 cm³/mol. The molecule has 1 aromatic carbocycles. The molecule has 1 unspecified atom stereocenters. The molecule has 1 saturated heterocycles. The molecule has 0 aliphatic carbocycles. The number of methoxy groups -OCH3 is 1. The molecule has 1 atom stereocenters. The van der Waals surface area contributed by atoms with E-state index in [1.54, 1.807) is 20.2 Å². The van der Waals surface area contributed by atoms with Crippen molar-refractivity contribution in [2.75, 3.05) is 41.3 Å². The number of ether oxygens (including phenoxy) is 1. The normalized spacial score (nSPS) is 17.8. The van der Waals surface area contributed by atoms with Crippen molar-refractivity contribution >= 4 is 16.1 Å². The maximum absolute atomic E-state index is 12.9. The highest BCUT2D eigenvalue weighted by atomic mass is 32.2. The molecule has 164 valence electrons. The number of hydrogen-bond acceptors (Lipinski definition) is 7. The van der Waals surface area contributed by atoms with Crippen LogP contribution in [0.4, 0.5) is 0 Å². The maximum Gasteiger partial charge on any atom is 0.281 e. The molecule has 0 spiro atoms. The Balaban J connectivity index is 1.65. The lowest BCUT2D eigenvalue weighted by Crippen LogP contribution is -2.49. The number of amides is 1. The highest BCUT2D eigenvalue weighted by molar-refractivity contribution is 7.86. The minimum absolute atomic E-state index is 0.144. The monoisotopic (exact) mass is 437 g/mol. The maximum atomic E-state index is 12.9. The lowest BCUT2D eigenvalue weighted by atomic mass is 9.98. The summed E-state index contributed by atoms with van der Waals surface area (Å²) in [5, 5.41) is 3.98. The molecule has 1 fully saturated rings. The van der Waals surface area contributed by atoms with Crippen molar-refractivity contribution in [2.45, 2.75) is 19.4 Å². The van der Waals surface area contributed by atoms with Crippen LogP contribution in [0.25, 0.3) is 11.4 Å². The number of benzene rings is 1. The highest BCUT2D eigenvalue weighted by Gasteiger charge is 2.34. The molecule has 10 nitrogen and oxygen atoms in total. The highest BCUT2D eigenvalue weighted by Crippen LogP contribution is 2.24. The van der Waals surface area contributed by atoms with E-state index in [2.05, 4.69) is 10.1 Å². The molecule has 1 amide bonds. The fraction of sp³-hybridized carbons (Fsp3) is 0.526. The number of piperidine rings is 1. The van der Waals surface area contributed by atoms with Gasteiger partial charge in [0.25, 0.3) is 10.2 Å². The second kappa shape index (κ2) is 9.11. The summed E-state index contributed by atoms with van der Waals surface area (Å²) in [6, 6.07) is 7.29. The Labute approximate surface area is 176 Å². The van der Waals surface area contributed by atoms with E-state index in [4.69, 9.17) is 9.26 Å². The van der Waals surface area contributed by atoms with Gasteiger partial charge in [0.05, 0.1) is 19.6 Å². The molecule has 0 saturated carbocycles. The Bertz CT molecular complexity index is 991. The second-order valence-corrected chi connectivity index (χ2v) is 9.57. The van der Waals surface area contributed by atoms with Gasteiger partial charge in [-0.05, 0) is 25.0 Å². The lowest BCUT2D eigenvalue weighted by molar-refractivity contribution is -0.136. The van der Waals surface area contributed by atoms with Crippen molar-refractivity contribution < 1.29 is 22.5 Å². The SMILES string of the molecule is COc1cccc(-c2noc(CN(C)C(=O)C3CCCN(S(=O)(=O)N(C)C)C3)n2)c1. The molecule has 3 rings (SSSR count). The quantitative estimate of drug-likeness (QED) is 0.641. The van der Waals surface area contributed by atoms with Gasteiger partial charge in [-0.3, -0.25) is 4.79 Å². The van der Waals surface area contributed by atoms with E-state index in [-0.39, 0.29) is 19.0 Å². The van der Waals surface area contributed by atoms with Gasteiger partial charge >= 0.3 is 0 Å². The zero-order valence-electron chi connectivity index (χ0n) is 17.6. The van der Waals surface area contributed by atoms with Crippen LogP contribution in [-0.2, 0) is 21.5 Å². The second-order valence-electron chi connectivity index (χ2n) is 7.43. The Morgan fingerprint density at radius 1 is 1.33 bits per heavy atom. The third-order valence-electron chi connectivity index (χ3n) is 5.07. The summed E-state index contributed by atoms with van der Waals surface area (Å²) in [6.45, 7) is 0.733. The Morgan fingerprint density at radius 2 is 2.10 bits per heavy atom. The fourth-order valence-corrected chi connectivity index (χ4v) is 4.57. The van der Waals surface area contributed by atoms with Gasteiger partial charge in [0.15, 0.2) is 0 Å². The van der Waals surface area contributed by atoms with Crippen LogP contribution in [0.5, 0.6) is 5.75 Å². The fourth-order valence-electron chi connectivity index (χ4n) is 3.38. The molecule has 0 bridgehead atoms. The molecule has 0 radical (unpaired) electrons. The van der Waals surface area contributed by atoms with Crippen LogP contribution in [0.1, 0.15) is 18.7 Å². The average Bonchev–Trinajstić information content (AvgIpc) is 3.21. The van der Waals surface area contributed by atoms with Crippen LogP contribution < -0.4 is 4.74 Å². The van der Waals surface area contributed by atoms with Crippen LogP contribution in [-0.4, -0.2) is 79.3 Å². The van der Waals surface area contributed by atoms with Crippen molar-refractivity contribution in [3.63, 3.8) is 0 Å². The number of nitrogens with zero attached hydrogens (tertiary/aromatic N) is 5. The lowest BCUT2D eigenvalue weighted by Gasteiger charge is -2.34. The number of carbonyl (C=O) groups excluding carboxylic acids is 1. The van der Waals surface area contributed by atoms with E-state index in [1.165, 1.54) is 27.6 Å². The van der Waals surface area contributed by atoms with Crippen LogP contribution >= 0.6 is 0 Å². The summed E-state index contributed by atoms with van der Waals surface area (Å²) in [4.78, 5) is 18.7. The summed E-state index contributed by atoms with van der Waals surface area (Å²) in [5.74, 6) is 0.845. The standard InChI is InChI=1S/C19H27N5O5S/c1-22(2)30(26,27)24-10-6-8-15(12-24)19(25)23(3)13-17-20-18(21-29-17)14-7-5-9-16(11-14)28-4/h5,7,9,11,15H,6,8,10,12-13H2,1-4H3. The molecular formula is C19H27N5O5S. The minimum atomic E-state index is -3.54. The van der Waals surface area contributed by atoms with E-state index in [0.717, 1.165) is 5.56 Å². The summed E-state index contributed by atoms with van der Waals surface area (Å²) in [7, 11) is 2.67. The molecule has 0 N–H and O–H groups in total. The van der Waals surface area contributed by atoms with Crippen LogP contribution in [0.2, 0.25) is 0 Å². The van der Waals surface area contributed by atoms with Crippen LogP contribution in [0.3, 0.4) is 0 Å². The zero-order valence-corrected chi connectivity index (χ0v) is 18.4. The van der Waals surface area contributed by atoms with E-state index < -0.39 is 16.1 Å². The molecular weight excluding hydrogens is 410 g/mol. The van der Waals surface area contributed by atoms with Gasteiger partial charge < -0.3 is 14.2 Å². The van der Waals surface area contributed by atoms with Gasteiger partial charge in [-0.1, -0.05) is 17.3 Å². The first kappa shape index (κ1) is 22.2. The van der Waals surface area contributed by atoms with Crippen molar-refractivity contribution in [2.24, 2.45) is 5.92 Å². The molecule has 30 heavy (non-hydrogen) atoms. The van der Waals surface area contributed by atoms with Gasteiger partial charge in [0, 0.05) is 39.8 Å². The summed E-state index contributed by atoms with van der Waals surface area (Å²) in [5.41, 5.74) is 0.746. The number of carbonyl (C=O) groups is 1. The Kier molecular flexibility index (Phi) is 6.74. The summed E-state index contributed by atoms with van der Waals surface area (Å²) in [6.07, 6.45) is 1.28. The van der Waals surface area contributed by atoms with Gasteiger partial charge in [-0.15, -0.1) is 0 Å². The third-order valence-corrected chi connectivity index (χ3v) is 6.97. The number of aromatic nitrogens is 2. The van der Waals surface area contributed by atoms with E-state index in [9.17, 15) is 13.2 Å². The molecule has 2 heterocycles. The van der Waals surface area contributed by atoms with E-state index in [1.807, 2.05) is 18.2 Å². The topological polar surface area (TPSA) is 109 Å². The first-order valence-electron chi connectivity index (χ1n) is 9.62. The molecule has 1 aromatic heterocycles. The molecule has 2 aromatic rings. The Hall–Kier alpha value is -2.50. The van der Waals surface area contributed by atoms with Gasteiger partial charge in [-0.2, -0.15) is 22.0 Å². The first-order valence-corrected chi connectivity index (χ1v) is 11.0. The van der Waals surface area contributed by atoms with E-state index in [0.29, 0.717) is 36.9 Å². The first-order chi connectivity index (χ1) is 14.2. The average molecular weight is 438 g/mol. The van der Waals surface area contributed by atoms with Crippen LogP contribution in [0, 0.1) is 5.92 Å². The van der Waals surface area contributed by atoms with Gasteiger partial charge in [0.1, 0.15) is 5.75 Å². The largest absolute Gasteiger partial charge is 0.497 e. The number of rotatable bonds is 7. The van der Waals surface area contributed by atoms with Crippen LogP contribution in [0.15, 0.2) is 28.8 Å². The third kappa shape index (κ3) is 4.79. The minimum Gasteiger partial charge on any atom is -0.497 e. The van der Waals surface area contributed by atoms with Crippen molar-refractivity contribution in [3.05, 3.63) is 30.2 Å². The van der Waals surface area contributed by atoms with Gasteiger partial charge in [-0.25, -0.2) is 0 Å². The van der Waals surface area contributed by atoms with Crippen molar-refractivity contribution in [1.29, 1.82) is 0 Å². The predicted octanol–water partition coefficient (Wildman–Crippen LogP) is 1.22. The van der Waals surface area contributed by atoms with Gasteiger partial charge in [0.2, 0.25) is 17.6 Å². The smallest absolute Gasteiger partial charge is 0.281 e. The zero-order chi connectivity index (χ0) is 21.9. The molecule has 11 heteroatoms. The Morgan fingerprint density at radius 3 is 2.80 bits per heavy atom.